The van der Waals surface area contributed by atoms with Gasteiger partial charge in [0, 0.05) is 18.5 Å². The summed E-state index contributed by atoms with van der Waals surface area (Å²) in [5.41, 5.74) is 0. The van der Waals surface area contributed by atoms with E-state index in [1.165, 1.54) is 24.0 Å². The summed E-state index contributed by atoms with van der Waals surface area (Å²) in [5, 5.41) is -0.550. The maximum absolute atomic E-state index is 13.1. The molecule has 0 saturated carbocycles. The van der Waals surface area contributed by atoms with Crippen LogP contribution < -0.4 is 4.72 Å². The van der Waals surface area contributed by atoms with Crippen LogP contribution in [0.5, 0.6) is 0 Å². The standard InChI is InChI=1S/C8H11FN2O2S2/c1-14-6-5-11-15(12,13)8-7(9)3-2-4-10-8/h2-4,11H,5-6H2,1H3. The highest BCUT2D eigenvalue weighted by molar-refractivity contribution is 7.98. The van der Waals surface area contributed by atoms with Crippen molar-refractivity contribution in [3.05, 3.63) is 24.1 Å². The Labute approximate surface area is 92.3 Å². The van der Waals surface area contributed by atoms with Crippen molar-refractivity contribution in [1.82, 2.24) is 9.71 Å². The van der Waals surface area contributed by atoms with Gasteiger partial charge >= 0.3 is 0 Å². The zero-order valence-corrected chi connectivity index (χ0v) is 9.74. The first-order valence-corrected chi connectivity index (χ1v) is 7.05. The number of hydrogen-bond donors (Lipinski definition) is 1. The minimum absolute atomic E-state index is 0.263. The lowest BCUT2D eigenvalue weighted by atomic mass is 10.5. The van der Waals surface area contributed by atoms with Crippen molar-refractivity contribution in [3.8, 4) is 0 Å². The van der Waals surface area contributed by atoms with Gasteiger partial charge in [0.05, 0.1) is 0 Å². The number of halogens is 1. The molecule has 0 aliphatic rings. The molecule has 7 heteroatoms. The number of nitrogens with zero attached hydrogens (tertiary/aromatic N) is 1. The van der Waals surface area contributed by atoms with Gasteiger partial charge in [-0.05, 0) is 18.4 Å². The molecule has 1 N–H and O–H groups in total. The van der Waals surface area contributed by atoms with Crippen molar-refractivity contribution in [1.29, 1.82) is 0 Å². The summed E-state index contributed by atoms with van der Waals surface area (Å²) in [5.74, 6) is -0.206. The predicted octanol–water partition coefficient (Wildman–Crippen LogP) is 0.862. The lowest BCUT2D eigenvalue weighted by Gasteiger charge is -2.05. The largest absolute Gasteiger partial charge is 0.261 e. The van der Waals surface area contributed by atoms with Gasteiger partial charge in [-0.15, -0.1) is 0 Å². The Hall–Kier alpha value is -0.660. The Morgan fingerprint density at radius 2 is 2.33 bits per heavy atom. The number of thioether (sulfide) groups is 1. The summed E-state index contributed by atoms with van der Waals surface area (Å²) < 4.78 is 38.4. The molecule has 0 spiro atoms. The van der Waals surface area contributed by atoms with Crippen molar-refractivity contribution in [2.75, 3.05) is 18.6 Å². The molecule has 0 bridgehead atoms. The van der Waals surface area contributed by atoms with Crippen LogP contribution in [0.25, 0.3) is 0 Å². The van der Waals surface area contributed by atoms with Gasteiger partial charge in [-0.2, -0.15) is 11.8 Å². The molecule has 0 unspecified atom stereocenters. The molecule has 4 nitrogen and oxygen atoms in total. The van der Waals surface area contributed by atoms with Gasteiger partial charge in [0.2, 0.25) is 5.03 Å². The highest BCUT2D eigenvalue weighted by Gasteiger charge is 2.19. The molecule has 0 saturated heterocycles. The van der Waals surface area contributed by atoms with Gasteiger partial charge in [0.25, 0.3) is 10.0 Å². The first-order valence-electron chi connectivity index (χ1n) is 4.17. The fourth-order valence-electron chi connectivity index (χ4n) is 0.915. The number of sulfonamides is 1. The fourth-order valence-corrected chi connectivity index (χ4v) is 2.38. The number of pyridine rings is 1. The van der Waals surface area contributed by atoms with Gasteiger partial charge in [-0.3, -0.25) is 0 Å². The zero-order chi connectivity index (χ0) is 11.3. The third kappa shape index (κ3) is 3.44. The number of nitrogens with one attached hydrogen (secondary N) is 1. The van der Waals surface area contributed by atoms with Crippen LogP contribution in [-0.4, -0.2) is 32.0 Å². The van der Waals surface area contributed by atoms with Crippen molar-refractivity contribution in [2.24, 2.45) is 0 Å². The summed E-state index contributed by atoms with van der Waals surface area (Å²) in [6.45, 7) is 0.263. The first kappa shape index (κ1) is 12.4. The van der Waals surface area contributed by atoms with Crippen LogP contribution in [0.15, 0.2) is 23.4 Å². The minimum atomic E-state index is -3.81. The van der Waals surface area contributed by atoms with E-state index in [1.807, 2.05) is 6.26 Å². The second kappa shape index (κ2) is 5.43. The Balaban J connectivity index is 2.83. The van der Waals surface area contributed by atoms with Crippen LogP contribution in [0, 0.1) is 5.82 Å². The molecule has 15 heavy (non-hydrogen) atoms. The first-order chi connectivity index (χ1) is 7.08. The Morgan fingerprint density at radius 1 is 1.60 bits per heavy atom. The summed E-state index contributed by atoms with van der Waals surface area (Å²) in [7, 11) is -3.81. The van der Waals surface area contributed by atoms with Crippen LogP contribution in [0.2, 0.25) is 0 Å². The second-order valence-corrected chi connectivity index (χ2v) is 5.35. The maximum atomic E-state index is 13.1. The summed E-state index contributed by atoms with van der Waals surface area (Å²) in [6.07, 6.45) is 3.10. The fraction of sp³-hybridized carbons (Fsp3) is 0.375. The molecule has 0 aromatic carbocycles. The number of hydrogen-bond acceptors (Lipinski definition) is 4. The Morgan fingerprint density at radius 3 is 2.93 bits per heavy atom. The monoisotopic (exact) mass is 250 g/mol. The van der Waals surface area contributed by atoms with Crippen LogP contribution >= 0.6 is 11.8 Å². The molecule has 84 valence electrons. The van der Waals surface area contributed by atoms with E-state index in [0.29, 0.717) is 5.75 Å². The lowest BCUT2D eigenvalue weighted by molar-refractivity contribution is 0.546. The molecule has 0 radical (unpaired) electrons. The van der Waals surface area contributed by atoms with E-state index in [0.717, 1.165) is 6.07 Å². The second-order valence-electron chi connectivity index (χ2n) is 2.68. The van der Waals surface area contributed by atoms with Crippen molar-refractivity contribution in [2.45, 2.75) is 5.03 Å². The Kier molecular flexibility index (Phi) is 4.49. The Bertz CT molecular complexity index is 422. The van der Waals surface area contributed by atoms with Crippen LogP contribution in [0.4, 0.5) is 4.39 Å². The molecule has 1 aromatic rings. The summed E-state index contributed by atoms with van der Waals surface area (Å²) >= 11 is 1.50. The molecule has 0 aliphatic carbocycles. The molecule has 0 atom stereocenters. The lowest BCUT2D eigenvalue weighted by Crippen LogP contribution is -2.27. The van der Waals surface area contributed by atoms with E-state index in [9.17, 15) is 12.8 Å². The van der Waals surface area contributed by atoms with Crippen LogP contribution in [0.3, 0.4) is 0 Å². The third-order valence-electron chi connectivity index (χ3n) is 1.58. The van der Waals surface area contributed by atoms with E-state index in [2.05, 4.69) is 9.71 Å². The highest BCUT2D eigenvalue weighted by Crippen LogP contribution is 2.09. The van der Waals surface area contributed by atoms with Crippen molar-refractivity contribution < 1.29 is 12.8 Å². The van der Waals surface area contributed by atoms with E-state index in [4.69, 9.17) is 0 Å². The molecule has 0 amide bonds. The normalized spacial score (nSPS) is 11.6. The number of aromatic nitrogens is 1. The molecular weight excluding hydrogens is 239 g/mol. The summed E-state index contributed by atoms with van der Waals surface area (Å²) in [4.78, 5) is 3.50. The van der Waals surface area contributed by atoms with Crippen molar-refractivity contribution in [3.63, 3.8) is 0 Å². The van der Waals surface area contributed by atoms with Gasteiger partial charge in [0.1, 0.15) is 0 Å². The van der Waals surface area contributed by atoms with Gasteiger partial charge in [-0.1, -0.05) is 0 Å². The highest BCUT2D eigenvalue weighted by atomic mass is 32.2. The average Bonchev–Trinajstić information content (AvgIpc) is 2.18. The van der Waals surface area contributed by atoms with Crippen LogP contribution in [0.1, 0.15) is 0 Å². The molecule has 1 heterocycles. The van der Waals surface area contributed by atoms with E-state index in [-0.39, 0.29) is 6.54 Å². The minimum Gasteiger partial charge on any atom is -0.241 e. The average molecular weight is 250 g/mol. The molecule has 0 aliphatic heterocycles. The van der Waals surface area contributed by atoms with Crippen molar-refractivity contribution >= 4 is 21.8 Å². The smallest absolute Gasteiger partial charge is 0.241 e. The SMILES string of the molecule is CSCCNS(=O)(=O)c1ncccc1F. The maximum Gasteiger partial charge on any atom is 0.261 e. The van der Waals surface area contributed by atoms with Gasteiger partial charge in [0.15, 0.2) is 5.82 Å². The van der Waals surface area contributed by atoms with E-state index < -0.39 is 20.9 Å². The van der Waals surface area contributed by atoms with E-state index >= 15 is 0 Å². The van der Waals surface area contributed by atoms with E-state index in [1.54, 1.807) is 0 Å². The topological polar surface area (TPSA) is 59.1 Å². The quantitative estimate of drug-likeness (QED) is 0.788. The van der Waals surface area contributed by atoms with Crippen LogP contribution in [-0.2, 0) is 10.0 Å². The number of rotatable bonds is 5. The van der Waals surface area contributed by atoms with Gasteiger partial charge in [-0.25, -0.2) is 22.5 Å². The molecule has 1 aromatic heterocycles. The third-order valence-corrected chi connectivity index (χ3v) is 3.58. The molecule has 0 fully saturated rings. The van der Waals surface area contributed by atoms with Gasteiger partial charge < -0.3 is 0 Å². The predicted molar refractivity (Wildman–Crippen MR) is 57.8 cm³/mol. The molecule has 1 rings (SSSR count). The summed E-state index contributed by atoms with van der Waals surface area (Å²) in [6, 6.07) is 2.41. The zero-order valence-electron chi connectivity index (χ0n) is 8.10. The molecular formula is C8H11FN2O2S2.